The first-order chi connectivity index (χ1) is 22.5. The standard InChI is InChI=1S/C33H43Cl2NO12/c1-4-5-13-25(48-33(36)46)28(35)22(37)17-24(39)31(43)29(41)19(3)21(34)12-8-6-10-18(2)11-7-9-14-27(40)47-26-16-20(32(44)45)15-23(38)30(26)42/h5-14,16,19,22-23,25-26,28-31,37-38,41-43H,4,15,17H2,1-3H3,(H2,36,46)(H,44,45)/b8-6+,11-7+,13-5+,14-9+,18-10+,21-12-. The van der Waals surface area contributed by atoms with Crippen LogP contribution in [0.2, 0.25) is 0 Å². The lowest BCUT2D eigenvalue weighted by Crippen LogP contribution is -2.43. The minimum absolute atomic E-state index is 0.116. The average molecular weight is 717 g/mol. The predicted octanol–water partition coefficient (Wildman–Crippen LogP) is 2.49. The molecule has 8 N–H and O–H groups in total. The Bertz CT molecular complexity index is 1340. The molecule has 0 saturated heterocycles. The van der Waals surface area contributed by atoms with Gasteiger partial charge in [-0.2, -0.15) is 0 Å². The molecule has 0 bridgehead atoms. The smallest absolute Gasteiger partial charge is 0.405 e. The summed E-state index contributed by atoms with van der Waals surface area (Å²) >= 11 is 12.4. The molecule has 15 heteroatoms. The normalized spacial score (nSPS) is 23.1. The Morgan fingerprint density at radius 2 is 1.69 bits per heavy atom. The molecule has 0 aliphatic heterocycles. The number of hydrogen-bond acceptors (Lipinski definition) is 11. The van der Waals surface area contributed by atoms with Gasteiger partial charge in [-0.1, -0.05) is 73.6 Å². The van der Waals surface area contributed by atoms with E-state index in [1.807, 2.05) is 6.92 Å². The summed E-state index contributed by atoms with van der Waals surface area (Å²) < 4.78 is 9.92. The number of ether oxygens (including phenoxy) is 2. The summed E-state index contributed by atoms with van der Waals surface area (Å²) in [7, 11) is 0. The molecule has 1 amide bonds. The molecule has 266 valence electrons. The van der Waals surface area contributed by atoms with E-state index in [-0.39, 0.29) is 17.0 Å². The molecule has 0 radical (unpaired) electrons. The third kappa shape index (κ3) is 14.7. The molecule has 0 aromatic heterocycles. The van der Waals surface area contributed by atoms with Gasteiger partial charge >= 0.3 is 18.0 Å². The van der Waals surface area contributed by atoms with Crippen molar-refractivity contribution in [1.29, 1.82) is 0 Å². The zero-order valence-corrected chi connectivity index (χ0v) is 28.1. The van der Waals surface area contributed by atoms with Crippen LogP contribution in [0.15, 0.2) is 83.0 Å². The first-order valence-electron chi connectivity index (χ1n) is 14.9. The number of esters is 1. The van der Waals surface area contributed by atoms with E-state index in [1.165, 1.54) is 31.2 Å². The predicted molar refractivity (Wildman–Crippen MR) is 178 cm³/mol. The van der Waals surface area contributed by atoms with Crippen molar-refractivity contribution in [3.8, 4) is 0 Å². The van der Waals surface area contributed by atoms with Crippen molar-refractivity contribution in [3.05, 3.63) is 83.0 Å². The molecule has 13 nitrogen and oxygen atoms in total. The van der Waals surface area contributed by atoms with Crippen LogP contribution in [0, 0.1) is 5.92 Å². The summed E-state index contributed by atoms with van der Waals surface area (Å²) in [4.78, 5) is 46.9. The molecule has 9 unspecified atom stereocenters. The molecular weight excluding hydrogens is 673 g/mol. The number of rotatable bonds is 18. The second-order valence-electron chi connectivity index (χ2n) is 10.9. The lowest BCUT2D eigenvalue weighted by atomic mass is 9.92. The molecular formula is C33H43Cl2NO12. The Balaban J connectivity index is 2.70. The van der Waals surface area contributed by atoms with Crippen molar-refractivity contribution < 1.29 is 59.3 Å². The number of halogens is 2. The van der Waals surface area contributed by atoms with Gasteiger partial charge in [0.2, 0.25) is 0 Å². The van der Waals surface area contributed by atoms with Crippen LogP contribution < -0.4 is 5.73 Å². The molecule has 1 rings (SSSR count). The van der Waals surface area contributed by atoms with E-state index in [1.54, 1.807) is 37.3 Å². The minimum atomic E-state index is -1.90. The highest BCUT2D eigenvalue weighted by Crippen LogP contribution is 2.24. The number of carboxylic acids is 1. The van der Waals surface area contributed by atoms with Crippen LogP contribution in [0.4, 0.5) is 4.79 Å². The highest BCUT2D eigenvalue weighted by Gasteiger charge is 2.36. The van der Waals surface area contributed by atoms with Gasteiger partial charge < -0.3 is 45.8 Å². The van der Waals surface area contributed by atoms with E-state index in [0.29, 0.717) is 6.42 Å². The zero-order valence-electron chi connectivity index (χ0n) is 26.6. The Hall–Kier alpha value is -3.56. The molecule has 0 aromatic carbocycles. The highest BCUT2D eigenvalue weighted by atomic mass is 35.5. The Morgan fingerprint density at radius 1 is 1.06 bits per heavy atom. The van der Waals surface area contributed by atoms with Crippen LogP contribution in [0.3, 0.4) is 0 Å². The third-order valence-corrected chi connectivity index (χ3v) is 8.00. The van der Waals surface area contributed by atoms with E-state index < -0.39 is 84.3 Å². The maximum absolute atomic E-state index is 12.6. The number of nitrogens with two attached hydrogens (primary N) is 1. The first-order valence-corrected chi connectivity index (χ1v) is 15.7. The van der Waals surface area contributed by atoms with Crippen LogP contribution in [-0.4, -0.2) is 103 Å². The maximum atomic E-state index is 12.6. The number of aliphatic hydroxyl groups is 5. The van der Waals surface area contributed by atoms with Gasteiger partial charge in [-0.05, 0) is 31.6 Å². The van der Waals surface area contributed by atoms with Crippen LogP contribution in [-0.2, 0) is 23.9 Å². The van der Waals surface area contributed by atoms with Gasteiger partial charge in [0.15, 0.2) is 5.78 Å². The second kappa shape index (κ2) is 21.4. The number of carboxylic acid groups (broad SMARTS) is 1. The Morgan fingerprint density at radius 3 is 2.29 bits per heavy atom. The molecule has 0 fully saturated rings. The lowest BCUT2D eigenvalue weighted by Gasteiger charge is -2.28. The molecule has 48 heavy (non-hydrogen) atoms. The number of amides is 1. The number of allylic oxidation sites excluding steroid dienone is 9. The first kappa shape index (κ1) is 42.5. The Kier molecular flexibility index (Phi) is 18.9. The number of aliphatic carboxylic acids is 1. The summed E-state index contributed by atoms with van der Waals surface area (Å²) in [5.74, 6) is -3.93. The van der Waals surface area contributed by atoms with E-state index in [9.17, 15) is 44.7 Å². The van der Waals surface area contributed by atoms with Crippen molar-refractivity contribution >= 4 is 47.0 Å². The van der Waals surface area contributed by atoms with Crippen LogP contribution in [0.1, 0.15) is 40.0 Å². The van der Waals surface area contributed by atoms with Gasteiger partial charge in [-0.3, -0.25) is 4.79 Å². The van der Waals surface area contributed by atoms with E-state index in [0.717, 1.165) is 17.7 Å². The molecule has 1 aliphatic carbocycles. The quantitative estimate of drug-likeness (QED) is 0.0357. The van der Waals surface area contributed by atoms with Gasteiger partial charge in [0.05, 0.1) is 18.3 Å². The van der Waals surface area contributed by atoms with Crippen LogP contribution in [0.25, 0.3) is 0 Å². The summed E-state index contributed by atoms with van der Waals surface area (Å²) in [5.41, 5.74) is 5.61. The van der Waals surface area contributed by atoms with Crippen LogP contribution >= 0.6 is 23.2 Å². The summed E-state index contributed by atoms with van der Waals surface area (Å²) in [6, 6.07) is 0. The monoisotopic (exact) mass is 715 g/mol. The summed E-state index contributed by atoms with van der Waals surface area (Å²) in [6.45, 7) is 5.06. The summed E-state index contributed by atoms with van der Waals surface area (Å²) in [5, 5.41) is 59.1. The summed E-state index contributed by atoms with van der Waals surface area (Å²) in [6.07, 6.45) is 4.26. The zero-order chi connectivity index (χ0) is 36.6. The topological polar surface area (TPSA) is 234 Å². The third-order valence-electron chi connectivity index (χ3n) is 6.99. The maximum Gasteiger partial charge on any atom is 0.405 e. The van der Waals surface area contributed by atoms with Gasteiger partial charge in [0.25, 0.3) is 0 Å². The molecule has 1 aliphatic rings. The van der Waals surface area contributed by atoms with E-state index in [2.05, 4.69) is 0 Å². The van der Waals surface area contributed by atoms with Crippen LogP contribution in [0.5, 0.6) is 0 Å². The fourth-order valence-electron chi connectivity index (χ4n) is 4.17. The van der Waals surface area contributed by atoms with E-state index >= 15 is 0 Å². The van der Waals surface area contributed by atoms with Gasteiger partial charge in [0, 0.05) is 35.4 Å². The number of carbonyl (C=O) groups excluding carboxylic acids is 3. The number of carbonyl (C=O) groups is 4. The molecule has 0 heterocycles. The van der Waals surface area contributed by atoms with Gasteiger partial charge in [0.1, 0.15) is 29.8 Å². The average Bonchev–Trinajstić information content (AvgIpc) is 3.03. The number of hydrogen-bond donors (Lipinski definition) is 7. The number of Topliss-reactive ketones (excluding diaryl/α,β-unsaturated/α-hetero) is 1. The van der Waals surface area contributed by atoms with Crippen molar-refractivity contribution in [3.63, 3.8) is 0 Å². The Labute approximate surface area is 288 Å². The lowest BCUT2D eigenvalue weighted by molar-refractivity contribution is -0.151. The molecule has 0 spiro atoms. The number of primary amides is 1. The highest BCUT2D eigenvalue weighted by molar-refractivity contribution is 6.30. The van der Waals surface area contributed by atoms with Crippen molar-refractivity contribution in [2.24, 2.45) is 11.7 Å². The fraction of sp³-hybridized carbons (Fsp3) is 0.455. The minimum Gasteiger partial charge on any atom is -0.478 e. The largest absolute Gasteiger partial charge is 0.478 e. The molecule has 0 aromatic rings. The number of aliphatic hydroxyl groups excluding tert-OH is 5. The SMILES string of the molecule is CC/C=C/C(OC(N)=O)C(Cl)C(O)CC(=O)C(O)C(O)C(C)/C(Cl)=C/C=C/C=C(C)/C=C/C=C/C(=O)OC1C=C(C(=O)O)CC(O)C1O. The van der Waals surface area contributed by atoms with Crippen molar-refractivity contribution in [2.45, 2.75) is 88.1 Å². The van der Waals surface area contributed by atoms with Gasteiger partial charge in [-0.15, -0.1) is 11.6 Å². The fourth-order valence-corrected chi connectivity index (χ4v) is 4.60. The molecule has 9 atom stereocenters. The van der Waals surface area contributed by atoms with Crippen molar-refractivity contribution in [1.82, 2.24) is 0 Å². The number of alkyl halides is 1. The van der Waals surface area contributed by atoms with Gasteiger partial charge in [-0.25, -0.2) is 14.4 Å². The second-order valence-corrected chi connectivity index (χ2v) is 11.8. The molecule has 0 saturated carbocycles. The number of ketones is 1. The van der Waals surface area contributed by atoms with E-state index in [4.69, 9.17) is 43.5 Å². The van der Waals surface area contributed by atoms with Crippen molar-refractivity contribution in [2.75, 3.05) is 0 Å².